The van der Waals surface area contributed by atoms with Gasteiger partial charge in [-0.2, -0.15) is 4.31 Å². The molecule has 4 saturated carbocycles. The molecule has 0 radical (unpaired) electrons. The van der Waals surface area contributed by atoms with Crippen molar-refractivity contribution in [1.29, 1.82) is 0 Å². The topological polar surface area (TPSA) is 66.5 Å². The minimum Gasteiger partial charge on any atom is -0.350 e. The largest absolute Gasteiger partial charge is 0.350 e. The zero-order valence-corrected chi connectivity index (χ0v) is 18.2. The maximum Gasteiger partial charge on any atom is 0.252 e. The molecule has 0 unspecified atom stereocenters. The Morgan fingerprint density at radius 3 is 2.36 bits per heavy atom. The van der Waals surface area contributed by atoms with Crippen LogP contribution >= 0.6 is 11.3 Å². The van der Waals surface area contributed by atoms with E-state index in [1.165, 1.54) is 34.9 Å². The van der Waals surface area contributed by atoms with Crippen LogP contribution in [0.2, 0.25) is 0 Å². The number of piperidine rings is 1. The van der Waals surface area contributed by atoms with Gasteiger partial charge in [0, 0.05) is 23.5 Å². The van der Waals surface area contributed by atoms with E-state index in [1.54, 1.807) is 6.07 Å². The number of hydrogen-bond donors (Lipinski definition) is 1. The standard InChI is InChI=1S/C21H30N2O3S2/c1-14-4-5-19(27-14)28(25,26)23-6-2-3-18(13-23)20(24)22-21-10-15-7-16(11-21)9-17(8-15)12-21/h4-5,15-18H,2-3,6-13H2,1H3,(H,22,24)/t15?,16?,17?,18-,21?/m1/s1. The first kappa shape index (κ1) is 19.1. The van der Waals surface area contributed by atoms with Gasteiger partial charge in [-0.25, -0.2) is 8.42 Å². The Bertz CT molecular complexity index is 841. The molecule has 1 aliphatic heterocycles. The van der Waals surface area contributed by atoms with Crippen molar-refractivity contribution in [3.8, 4) is 0 Å². The van der Waals surface area contributed by atoms with Gasteiger partial charge < -0.3 is 5.32 Å². The molecule has 6 rings (SSSR count). The maximum absolute atomic E-state index is 13.2. The first-order chi connectivity index (χ1) is 13.3. The number of carbonyl (C=O) groups excluding carboxylic acids is 1. The van der Waals surface area contributed by atoms with E-state index in [9.17, 15) is 13.2 Å². The lowest BCUT2D eigenvalue weighted by molar-refractivity contribution is -0.131. The molecule has 28 heavy (non-hydrogen) atoms. The number of hydrogen-bond acceptors (Lipinski definition) is 4. The third kappa shape index (κ3) is 3.33. The number of aryl methyl sites for hydroxylation is 1. The van der Waals surface area contributed by atoms with E-state index in [0.717, 1.165) is 54.7 Å². The molecule has 1 amide bonds. The predicted octanol–water partition coefficient (Wildman–Crippen LogP) is 3.54. The number of thiophene rings is 1. The summed E-state index contributed by atoms with van der Waals surface area (Å²) >= 11 is 1.31. The van der Waals surface area contributed by atoms with E-state index in [2.05, 4.69) is 5.32 Å². The van der Waals surface area contributed by atoms with Crippen LogP contribution in [-0.2, 0) is 14.8 Å². The van der Waals surface area contributed by atoms with Crippen molar-refractivity contribution in [1.82, 2.24) is 9.62 Å². The van der Waals surface area contributed by atoms with E-state index in [4.69, 9.17) is 0 Å². The molecular weight excluding hydrogens is 392 g/mol. The van der Waals surface area contributed by atoms with Crippen LogP contribution in [0.5, 0.6) is 0 Å². The Balaban J connectivity index is 1.28. The van der Waals surface area contributed by atoms with Crippen molar-refractivity contribution in [2.45, 2.75) is 68.0 Å². The maximum atomic E-state index is 13.2. The van der Waals surface area contributed by atoms with Crippen LogP contribution in [0.15, 0.2) is 16.3 Å². The molecule has 0 aromatic carbocycles. The van der Waals surface area contributed by atoms with Gasteiger partial charge in [-0.3, -0.25) is 4.79 Å². The normalized spacial score (nSPS) is 37.9. The molecule has 5 fully saturated rings. The molecule has 2 heterocycles. The lowest BCUT2D eigenvalue weighted by Crippen LogP contribution is -2.61. The average Bonchev–Trinajstić information content (AvgIpc) is 3.07. The van der Waals surface area contributed by atoms with Gasteiger partial charge in [0.1, 0.15) is 4.21 Å². The first-order valence-corrected chi connectivity index (χ1v) is 13.0. The van der Waals surface area contributed by atoms with Crippen LogP contribution in [0.3, 0.4) is 0 Å². The van der Waals surface area contributed by atoms with Crippen molar-refractivity contribution in [2.24, 2.45) is 23.7 Å². The molecule has 7 heteroatoms. The van der Waals surface area contributed by atoms with Gasteiger partial charge in [0.05, 0.1) is 5.92 Å². The van der Waals surface area contributed by atoms with E-state index >= 15 is 0 Å². The lowest BCUT2D eigenvalue weighted by atomic mass is 9.53. The van der Waals surface area contributed by atoms with Gasteiger partial charge >= 0.3 is 0 Å². The third-order valence-corrected chi connectivity index (χ3v) is 10.8. The van der Waals surface area contributed by atoms with Crippen LogP contribution < -0.4 is 5.32 Å². The van der Waals surface area contributed by atoms with Gasteiger partial charge in [0.25, 0.3) is 10.0 Å². The SMILES string of the molecule is Cc1ccc(S(=O)(=O)N2CCC[C@@H](C(=O)NC34CC5CC(CC(C5)C3)C4)C2)s1. The Labute approximate surface area is 171 Å². The molecule has 154 valence electrons. The molecule has 4 aliphatic carbocycles. The number of rotatable bonds is 4. The molecular formula is C21H30N2O3S2. The van der Waals surface area contributed by atoms with Gasteiger partial charge in [0.2, 0.25) is 5.91 Å². The molecule has 1 aromatic heterocycles. The summed E-state index contributed by atoms with van der Waals surface area (Å²) in [5, 5.41) is 3.45. The highest BCUT2D eigenvalue weighted by molar-refractivity contribution is 7.91. The van der Waals surface area contributed by atoms with Crippen LogP contribution in [0.1, 0.15) is 56.2 Å². The molecule has 5 nitrogen and oxygen atoms in total. The number of carbonyl (C=O) groups is 1. The van der Waals surface area contributed by atoms with E-state index in [1.807, 2.05) is 13.0 Å². The van der Waals surface area contributed by atoms with Gasteiger partial charge in [-0.05, 0) is 88.2 Å². The molecule has 1 aromatic rings. The number of nitrogens with zero attached hydrogens (tertiary/aromatic N) is 1. The second-order valence-electron chi connectivity index (χ2n) is 9.75. The summed E-state index contributed by atoms with van der Waals surface area (Å²) in [7, 11) is -3.49. The second-order valence-corrected chi connectivity index (χ2v) is 13.2. The summed E-state index contributed by atoms with van der Waals surface area (Å²) in [5.74, 6) is 2.23. The van der Waals surface area contributed by atoms with Crippen molar-refractivity contribution in [3.05, 3.63) is 17.0 Å². The minimum absolute atomic E-state index is 0.00213. The summed E-state index contributed by atoms with van der Waals surface area (Å²) in [6, 6.07) is 3.53. The van der Waals surface area contributed by atoms with Crippen molar-refractivity contribution in [2.75, 3.05) is 13.1 Å². The van der Waals surface area contributed by atoms with Crippen molar-refractivity contribution in [3.63, 3.8) is 0 Å². The highest BCUT2D eigenvalue weighted by Crippen LogP contribution is 2.55. The lowest BCUT2D eigenvalue weighted by Gasteiger charge is -2.57. The number of amides is 1. The molecule has 1 N–H and O–H groups in total. The van der Waals surface area contributed by atoms with Crippen molar-refractivity contribution >= 4 is 27.3 Å². The summed E-state index contributed by atoms with van der Waals surface area (Å²) in [4.78, 5) is 14.2. The Hall–Kier alpha value is -0.920. The fourth-order valence-electron chi connectivity index (χ4n) is 6.68. The molecule has 0 spiro atoms. The fraction of sp³-hybridized carbons (Fsp3) is 0.762. The van der Waals surface area contributed by atoms with E-state index in [-0.39, 0.29) is 17.4 Å². The minimum atomic E-state index is -3.49. The summed E-state index contributed by atoms with van der Waals surface area (Å²) in [6.45, 7) is 2.75. The van der Waals surface area contributed by atoms with Crippen LogP contribution in [-0.4, -0.2) is 37.3 Å². The van der Waals surface area contributed by atoms with Crippen LogP contribution in [0.4, 0.5) is 0 Å². The average molecular weight is 423 g/mol. The highest BCUT2D eigenvalue weighted by atomic mass is 32.2. The molecule has 1 saturated heterocycles. The molecule has 5 aliphatic rings. The fourth-order valence-corrected chi connectivity index (χ4v) is 9.64. The quantitative estimate of drug-likeness (QED) is 0.807. The van der Waals surface area contributed by atoms with Gasteiger partial charge in [-0.15, -0.1) is 11.3 Å². The zero-order valence-electron chi connectivity index (χ0n) is 16.5. The van der Waals surface area contributed by atoms with E-state index in [0.29, 0.717) is 17.3 Å². The Kier molecular flexibility index (Phi) is 4.64. The smallest absolute Gasteiger partial charge is 0.252 e. The van der Waals surface area contributed by atoms with Gasteiger partial charge in [-0.1, -0.05) is 0 Å². The summed E-state index contributed by atoms with van der Waals surface area (Å²) in [5.41, 5.74) is -0.00213. The van der Waals surface area contributed by atoms with E-state index < -0.39 is 10.0 Å². The second kappa shape index (κ2) is 6.81. The predicted molar refractivity (Wildman–Crippen MR) is 110 cm³/mol. The van der Waals surface area contributed by atoms with Crippen LogP contribution in [0.25, 0.3) is 0 Å². The monoisotopic (exact) mass is 422 g/mol. The zero-order chi connectivity index (χ0) is 19.5. The number of sulfonamides is 1. The molecule has 4 bridgehead atoms. The Morgan fingerprint density at radius 1 is 1.14 bits per heavy atom. The van der Waals surface area contributed by atoms with Gasteiger partial charge in [0.15, 0.2) is 0 Å². The molecule has 1 atom stereocenters. The van der Waals surface area contributed by atoms with Crippen molar-refractivity contribution < 1.29 is 13.2 Å². The summed E-state index contributed by atoms with van der Waals surface area (Å²) in [6.07, 6.45) is 8.99. The highest BCUT2D eigenvalue weighted by Gasteiger charge is 2.52. The van der Waals surface area contributed by atoms with Crippen LogP contribution in [0, 0.1) is 30.6 Å². The first-order valence-electron chi connectivity index (χ1n) is 10.7. The third-order valence-electron chi connectivity index (χ3n) is 7.49. The summed E-state index contributed by atoms with van der Waals surface area (Å²) < 4.78 is 27.9. The number of nitrogens with one attached hydrogen (secondary N) is 1. The Morgan fingerprint density at radius 2 is 1.79 bits per heavy atom.